The third kappa shape index (κ3) is 2.34. The van der Waals surface area contributed by atoms with Crippen LogP contribution >= 0.6 is 0 Å². The summed E-state index contributed by atoms with van der Waals surface area (Å²) >= 11 is 0. The Balaban J connectivity index is 1.81. The molecule has 0 aliphatic rings. The fraction of sp³-hybridized carbons (Fsp3) is 0.158. The summed E-state index contributed by atoms with van der Waals surface area (Å²) in [6.45, 7) is 8.44. The van der Waals surface area contributed by atoms with E-state index < -0.39 is 0 Å². The molecule has 0 saturated heterocycles. The van der Waals surface area contributed by atoms with Crippen LogP contribution in [-0.4, -0.2) is 20.9 Å². The lowest BCUT2D eigenvalue weighted by Crippen LogP contribution is -1.96. The summed E-state index contributed by atoms with van der Waals surface area (Å²) in [5.41, 5.74) is 6.82. The summed E-state index contributed by atoms with van der Waals surface area (Å²) in [5.74, 6) is 0. The molecule has 0 bridgehead atoms. The first-order valence-corrected chi connectivity index (χ1v) is 7.87. The second kappa shape index (κ2) is 5.53. The van der Waals surface area contributed by atoms with Gasteiger partial charge in [-0.25, -0.2) is 4.98 Å². The fourth-order valence-electron chi connectivity index (χ4n) is 2.85. The van der Waals surface area contributed by atoms with E-state index >= 15 is 0 Å². The average molecular weight is 318 g/mol. The van der Waals surface area contributed by atoms with Gasteiger partial charge in [-0.3, -0.25) is 0 Å². The molecule has 5 nitrogen and oxygen atoms in total. The monoisotopic (exact) mass is 318 g/mol. The first-order valence-electron chi connectivity index (χ1n) is 7.87. The van der Waals surface area contributed by atoms with Gasteiger partial charge in [0.2, 0.25) is 0 Å². The first kappa shape index (κ1) is 14.5. The molecule has 5 heteroatoms. The topological polar surface area (TPSA) is 55.4 Å². The van der Waals surface area contributed by atoms with E-state index in [0.717, 1.165) is 33.7 Å². The van der Waals surface area contributed by atoms with Crippen molar-refractivity contribution < 1.29 is 4.42 Å². The predicted molar refractivity (Wildman–Crippen MR) is 96.4 cm³/mol. The van der Waals surface area contributed by atoms with Gasteiger partial charge in [0.05, 0.1) is 5.69 Å². The van der Waals surface area contributed by atoms with Crippen LogP contribution in [0.4, 0.5) is 6.01 Å². The van der Waals surface area contributed by atoms with Gasteiger partial charge in [0.25, 0.3) is 6.01 Å². The smallest absolute Gasteiger partial charge is 0.295 e. The largest absolute Gasteiger partial charge is 0.424 e. The molecule has 1 N–H and O–H groups in total. The van der Waals surface area contributed by atoms with E-state index in [1.165, 1.54) is 5.56 Å². The summed E-state index contributed by atoms with van der Waals surface area (Å²) in [5, 5.41) is 3.07. The molecule has 0 radical (unpaired) electrons. The van der Waals surface area contributed by atoms with Crippen molar-refractivity contribution in [2.45, 2.75) is 13.8 Å². The Morgan fingerprint density at radius 1 is 1.21 bits per heavy atom. The molecule has 0 aliphatic carbocycles. The van der Waals surface area contributed by atoms with Crippen LogP contribution in [0.2, 0.25) is 0 Å². The summed E-state index contributed by atoms with van der Waals surface area (Å²) in [7, 11) is 0. The van der Waals surface area contributed by atoms with Crippen LogP contribution in [0.25, 0.3) is 28.0 Å². The van der Waals surface area contributed by atoms with E-state index in [2.05, 4.69) is 53.5 Å². The molecule has 0 spiro atoms. The highest BCUT2D eigenvalue weighted by Crippen LogP contribution is 2.28. The lowest BCUT2D eigenvalue weighted by molar-refractivity contribution is 0.618. The zero-order chi connectivity index (χ0) is 16.7. The van der Waals surface area contributed by atoms with Gasteiger partial charge in [-0.15, -0.1) is 6.58 Å². The molecule has 0 aliphatic heterocycles. The molecule has 0 amide bonds. The minimum atomic E-state index is 0.504. The third-order valence-corrected chi connectivity index (χ3v) is 4.08. The van der Waals surface area contributed by atoms with Crippen LogP contribution in [0, 0.1) is 13.8 Å². The molecule has 4 aromatic rings. The number of oxazole rings is 1. The Hall–Kier alpha value is -3.08. The van der Waals surface area contributed by atoms with Gasteiger partial charge < -0.3 is 14.1 Å². The van der Waals surface area contributed by atoms with Gasteiger partial charge in [0.1, 0.15) is 11.2 Å². The van der Waals surface area contributed by atoms with E-state index in [0.29, 0.717) is 12.6 Å². The van der Waals surface area contributed by atoms with Crippen molar-refractivity contribution in [1.82, 2.24) is 14.4 Å². The molecule has 3 heterocycles. The van der Waals surface area contributed by atoms with Crippen molar-refractivity contribution >= 4 is 22.8 Å². The molecule has 120 valence electrons. The molecule has 0 fully saturated rings. The van der Waals surface area contributed by atoms with Crippen LogP contribution in [0.1, 0.15) is 11.3 Å². The van der Waals surface area contributed by atoms with Gasteiger partial charge in [-0.05, 0) is 49.7 Å². The lowest BCUT2D eigenvalue weighted by Gasteiger charge is -1.99. The van der Waals surface area contributed by atoms with Crippen molar-refractivity contribution in [2.24, 2.45) is 0 Å². The first-order chi connectivity index (χ1) is 11.7. The minimum absolute atomic E-state index is 0.504. The number of imidazole rings is 1. The summed E-state index contributed by atoms with van der Waals surface area (Å²) in [4.78, 5) is 9.26. The number of aromatic nitrogens is 3. The van der Waals surface area contributed by atoms with E-state index in [9.17, 15) is 0 Å². The number of fused-ring (bicyclic) bond motifs is 2. The molecule has 0 atom stereocenters. The van der Waals surface area contributed by atoms with Gasteiger partial charge >= 0.3 is 0 Å². The number of anilines is 1. The Morgan fingerprint density at radius 2 is 2.08 bits per heavy atom. The predicted octanol–water partition coefficient (Wildman–Crippen LogP) is 4.36. The Labute approximate surface area is 139 Å². The highest BCUT2D eigenvalue weighted by molar-refractivity contribution is 5.81. The highest BCUT2D eigenvalue weighted by atomic mass is 16.4. The second-order valence-electron chi connectivity index (χ2n) is 5.85. The normalized spacial score (nSPS) is 11.2. The number of benzene rings is 1. The number of nitrogens with zero attached hydrogens (tertiary/aromatic N) is 3. The molecule has 3 aromatic heterocycles. The maximum atomic E-state index is 5.67. The van der Waals surface area contributed by atoms with Crippen LogP contribution in [0.3, 0.4) is 0 Å². The summed E-state index contributed by atoms with van der Waals surface area (Å²) in [6.07, 6.45) is 3.82. The Morgan fingerprint density at radius 3 is 2.92 bits per heavy atom. The van der Waals surface area contributed by atoms with Gasteiger partial charge in [-0.2, -0.15) is 4.98 Å². The van der Waals surface area contributed by atoms with Crippen molar-refractivity contribution in [3.63, 3.8) is 0 Å². The average Bonchev–Trinajstić information content (AvgIpc) is 3.12. The molecule has 1 aromatic carbocycles. The molecular weight excluding hydrogens is 300 g/mol. The highest BCUT2D eigenvalue weighted by Gasteiger charge is 2.13. The van der Waals surface area contributed by atoms with Crippen molar-refractivity contribution in [3.05, 3.63) is 60.4 Å². The molecular formula is C19H18N4O. The van der Waals surface area contributed by atoms with Crippen LogP contribution in [-0.2, 0) is 0 Å². The standard InChI is InChI=1S/C19H18N4O/c1-4-8-20-19-21-15-11-14(5-6-16(15)24-19)18-13(3)23-9-7-12(2)10-17(23)22-18/h4-7,9-11H,1,8H2,2-3H3,(H,20,21). The van der Waals surface area contributed by atoms with E-state index in [4.69, 9.17) is 9.40 Å². The van der Waals surface area contributed by atoms with Crippen molar-refractivity contribution in [1.29, 1.82) is 0 Å². The molecule has 0 unspecified atom stereocenters. The lowest BCUT2D eigenvalue weighted by atomic mass is 10.1. The van der Waals surface area contributed by atoms with Crippen LogP contribution < -0.4 is 5.32 Å². The number of pyridine rings is 1. The molecule has 4 rings (SSSR count). The Kier molecular flexibility index (Phi) is 3.34. The van der Waals surface area contributed by atoms with Crippen molar-refractivity contribution in [2.75, 3.05) is 11.9 Å². The number of hydrogen-bond acceptors (Lipinski definition) is 4. The van der Waals surface area contributed by atoms with E-state index in [1.807, 2.05) is 18.2 Å². The van der Waals surface area contributed by atoms with E-state index in [-0.39, 0.29) is 0 Å². The fourth-order valence-corrected chi connectivity index (χ4v) is 2.85. The molecule has 24 heavy (non-hydrogen) atoms. The van der Waals surface area contributed by atoms with Gasteiger partial charge in [0, 0.05) is 24.0 Å². The second-order valence-corrected chi connectivity index (χ2v) is 5.85. The third-order valence-electron chi connectivity index (χ3n) is 4.08. The zero-order valence-electron chi connectivity index (χ0n) is 13.7. The number of rotatable bonds is 4. The number of hydrogen-bond donors (Lipinski definition) is 1. The van der Waals surface area contributed by atoms with Crippen LogP contribution in [0.5, 0.6) is 0 Å². The summed E-state index contributed by atoms with van der Waals surface area (Å²) < 4.78 is 7.77. The maximum absolute atomic E-state index is 5.67. The van der Waals surface area contributed by atoms with E-state index in [1.54, 1.807) is 6.08 Å². The number of nitrogens with one attached hydrogen (secondary N) is 1. The SMILES string of the molecule is C=CCNc1nc2cc(-c3nc4cc(C)ccn4c3C)ccc2o1. The molecule has 0 saturated carbocycles. The minimum Gasteiger partial charge on any atom is -0.424 e. The quantitative estimate of drug-likeness (QED) is 0.568. The maximum Gasteiger partial charge on any atom is 0.295 e. The summed E-state index contributed by atoms with van der Waals surface area (Å²) in [6, 6.07) is 10.6. The zero-order valence-corrected chi connectivity index (χ0v) is 13.7. The van der Waals surface area contributed by atoms with Gasteiger partial charge in [0.15, 0.2) is 5.58 Å². The van der Waals surface area contributed by atoms with Crippen LogP contribution in [0.15, 0.2) is 53.6 Å². The Bertz CT molecular complexity index is 1060. The van der Waals surface area contributed by atoms with Crippen molar-refractivity contribution in [3.8, 4) is 11.3 Å². The van der Waals surface area contributed by atoms with Gasteiger partial charge in [-0.1, -0.05) is 6.08 Å². The number of aryl methyl sites for hydroxylation is 2.